The molecule has 0 spiro atoms. The van der Waals surface area contributed by atoms with Gasteiger partial charge >= 0.3 is 0 Å². The average molecular weight is 193 g/mol. The van der Waals surface area contributed by atoms with Gasteiger partial charge in [-0.05, 0) is 37.2 Å². The lowest BCUT2D eigenvalue weighted by atomic mass is 9.75. The molecule has 14 heavy (non-hydrogen) atoms. The summed E-state index contributed by atoms with van der Waals surface area (Å²) < 4.78 is 1.98. The molecule has 1 saturated carbocycles. The average Bonchev–Trinajstić information content (AvgIpc) is 2.52. The number of nitrogen functional groups attached to an aromatic ring is 1. The lowest BCUT2D eigenvalue weighted by molar-refractivity contribution is 0.187. The van der Waals surface area contributed by atoms with Crippen LogP contribution in [0, 0.1) is 5.41 Å². The molecule has 1 aromatic heterocycles. The molecule has 2 rings (SSSR count). The van der Waals surface area contributed by atoms with E-state index in [9.17, 15) is 0 Å². The molecule has 2 N–H and O–H groups in total. The Morgan fingerprint density at radius 1 is 1.43 bits per heavy atom. The fourth-order valence-corrected chi connectivity index (χ4v) is 2.26. The fraction of sp³-hybridized carbons (Fsp3) is 0.727. The molecule has 3 nitrogen and oxygen atoms in total. The van der Waals surface area contributed by atoms with Gasteiger partial charge < -0.3 is 5.73 Å². The SMILES string of the molecule is CC1(C)CCC(n2nccc2N)CC1. The number of anilines is 1. The third kappa shape index (κ3) is 1.76. The molecule has 1 fully saturated rings. The topological polar surface area (TPSA) is 43.8 Å². The number of nitrogens with two attached hydrogens (primary N) is 1. The minimum absolute atomic E-state index is 0.512. The Morgan fingerprint density at radius 3 is 2.57 bits per heavy atom. The summed E-state index contributed by atoms with van der Waals surface area (Å²) in [6, 6.07) is 2.40. The van der Waals surface area contributed by atoms with E-state index < -0.39 is 0 Å². The molecule has 1 heterocycles. The minimum atomic E-state index is 0.512. The van der Waals surface area contributed by atoms with Crippen LogP contribution < -0.4 is 5.73 Å². The van der Waals surface area contributed by atoms with Crippen molar-refractivity contribution in [2.24, 2.45) is 5.41 Å². The van der Waals surface area contributed by atoms with Crippen molar-refractivity contribution < 1.29 is 0 Å². The van der Waals surface area contributed by atoms with Crippen LogP contribution in [0.2, 0.25) is 0 Å². The van der Waals surface area contributed by atoms with Crippen molar-refractivity contribution in [3.05, 3.63) is 12.3 Å². The van der Waals surface area contributed by atoms with Crippen LogP contribution in [0.1, 0.15) is 45.6 Å². The monoisotopic (exact) mass is 193 g/mol. The third-order valence-electron chi connectivity index (χ3n) is 3.36. The molecule has 0 unspecified atom stereocenters. The van der Waals surface area contributed by atoms with Crippen molar-refractivity contribution in [3.8, 4) is 0 Å². The van der Waals surface area contributed by atoms with Gasteiger partial charge in [-0.25, -0.2) is 4.68 Å². The summed E-state index contributed by atoms with van der Waals surface area (Å²) in [7, 11) is 0. The van der Waals surface area contributed by atoms with Crippen LogP contribution in [0.5, 0.6) is 0 Å². The Hall–Kier alpha value is -0.990. The van der Waals surface area contributed by atoms with E-state index in [2.05, 4.69) is 18.9 Å². The normalized spacial score (nSPS) is 22.4. The molecule has 0 aliphatic heterocycles. The molecule has 1 aliphatic rings. The first-order valence-corrected chi connectivity index (χ1v) is 5.37. The second-order valence-electron chi connectivity index (χ2n) is 5.10. The fourth-order valence-electron chi connectivity index (χ4n) is 2.26. The maximum Gasteiger partial charge on any atom is 0.121 e. The molecule has 0 atom stereocenters. The van der Waals surface area contributed by atoms with Crippen molar-refractivity contribution in [2.75, 3.05) is 5.73 Å². The Bertz CT molecular complexity index is 304. The largest absolute Gasteiger partial charge is 0.384 e. The summed E-state index contributed by atoms with van der Waals surface area (Å²) >= 11 is 0. The van der Waals surface area contributed by atoms with Gasteiger partial charge in [0.15, 0.2) is 0 Å². The van der Waals surface area contributed by atoms with Gasteiger partial charge in [-0.3, -0.25) is 0 Å². The zero-order chi connectivity index (χ0) is 10.2. The van der Waals surface area contributed by atoms with Gasteiger partial charge in [0.05, 0.1) is 12.2 Å². The predicted octanol–water partition coefficient (Wildman–Crippen LogP) is 2.61. The number of nitrogens with zero attached hydrogens (tertiary/aromatic N) is 2. The van der Waals surface area contributed by atoms with Crippen molar-refractivity contribution >= 4 is 5.82 Å². The van der Waals surface area contributed by atoms with Crippen LogP contribution in [0.25, 0.3) is 0 Å². The number of hydrogen-bond acceptors (Lipinski definition) is 2. The maximum atomic E-state index is 5.84. The standard InChI is InChI=1S/C11H19N3/c1-11(2)6-3-9(4-7-11)14-10(12)5-8-13-14/h5,8-9H,3-4,6-7,12H2,1-2H3. The number of aromatic nitrogens is 2. The summed E-state index contributed by atoms with van der Waals surface area (Å²) in [5.74, 6) is 0.801. The lowest BCUT2D eigenvalue weighted by Gasteiger charge is -2.34. The van der Waals surface area contributed by atoms with E-state index in [1.54, 1.807) is 6.20 Å². The van der Waals surface area contributed by atoms with Crippen LogP contribution in [-0.4, -0.2) is 9.78 Å². The first kappa shape index (κ1) is 9.56. The second kappa shape index (κ2) is 3.30. The molecule has 0 aromatic carbocycles. The van der Waals surface area contributed by atoms with E-state index in [0.717, 1.165) is 5.82 Å². The van der Waals surface area contributed by atoms with Gasteiger partial charge in [0.2, 0.25) is 0 Å². The van der Waals surface area contributed by atoms with Gasteiger partial charge in [-0.15, -0.1) is 0 Å². The smallest absolute Gasteiger partial charge is 0.121 e. The minimum Gasteiger partial charge on any atom is -0.384 e. The van der Waals surface area contributed by atoms with Crippen molar-refractivity contribution in [3.63, 3.8) is 0 Å². The Kier molecular flexibility index (Phi) is 2.25. The Balaban J connectivity index is 2.06. The quantitative estimate of drug-likeness (QED) is 0.745. The van der Waals surface area contributed by atoms with Crippen LogP contribution in [-0.2, 0) is 0 Å². The van der Waals surface area contributed by atoms with Crippen LogP contribution in [0.3, 0.4) is 0 Å². The van der Waals surface area contributed by atoms with E-state index in [4.69, 9.17) is 5.73 Å². The van der Waals surface area contributed by atoms with Crippen LogP contribution >= 0.6 is 0 Å². The molecule has 3 heteroatoms. The lowest BCUT2D eigenvalue weighted by Crippen LogP contribution is -2.24. The van der Waals surface area contributed by atoms with Crippen molar-refractivity contribution in [1.29, 1.82) is 0 Å². The summed E-state index contributed by atoms with van der Waals surface area (Å²) in [6.45, 7) is 4.69. The van der Waals surface area contributed by atoms with Gasteiger partial charge in [0.1, 0.15) is 5.82 Å². The first-order chi connectivity index (χ1) is 6.58. The molecule has 1 aromatic rings. The molecule has 0 amide bonds. The first-order valence-electron chi connectivity index (χ1n) is 5.37. The van der Waals surface area contributed by atoms with E-state index in [1.807, 2.05) is 10.7 Å². The van der Waals surface area contributed by atoms with E-state index in [1.165, 1.54) is 25.7 Å². The van der Waals surface area contributed by atoms with Crippen molar-refractivity contribution in [1.82, 2.24) is 9.78 Å². The molecule has 0 saturated heterocycles. The van der Waals surface area contributed by atoms with Gasteiger partial charge in [0.25, 0.3) is 0 Å². The zero-order valence-electron chi connectivity index (χ0n) is 9.03. The third-order valence-corrected chi connectivity index (χ3v) is 3.36. The molecule has 1 aliphatic carbocycles. The Morgan fingerprint density at radius 2 is 2.07 bits per heavy atom. The number of hydrogen-bond donors (Lipinski definition) is 1. The van der Waals surface area contributed by atoms with Crippen molar-refractivity contribution in [2.45, 2.75) is 45.6 Å². The summed E-state index contributed by atoms with van der Waals surface area (Å²) in [5, 5.41) is 4.28. The number of rotatable bonds is 1. The Labute approximate surface area is 85.3 Å². The predicted molar refractivity (Wildman–Crippen MR) is 57.9 cm³/mol. The second-order valence-corrected chi connectivity index (χ2v) is 5.10. The molecule has 78 valence electrons. The van der Waals surface area contributed by atoms with Gasteiger partial charge in [-0.1, -0.05) is 13.8 Å². The summed E-state index contributed by atoms with van der Waals surface area (Å²) in [5.41, 5.74) is 6.35. The van der Waals surface area contributed by atoms with Crippen LogP contribution in [0.15, 0.2) is 12.3 Å². The molecule has 0 radical (unpaired) electrons. The van der Waals surface area contributed by atoms with E-state index in [0.29, 0.717) is 11.5 Å². The van der Waals surface area contributed by atoms with E-state index >= 15 is 0 Å². The summed E-state index contributed by atoms with van der Waals surface area (Å²) in [4.78, 5) is 0. The highest BCUT2D eigenvalue weighted by atomic mass is 15.3. The molecular weight excluding hydrogens is 174 g/mol. The van der Waals surface area contributed by atoms with Gasteiger partial charge in [0, 0.05) is 0 Å². The van der Waals surface area contributed by atoms with E-state index in [-0.39, 0.29) is 0 Å². The van der Waals surface area contributed by atoms with Crippen LogP contribution in [0.4, 0.5) is 5.82 Å². The molecule has 0 bridgehead atoms. The zero-order valence-corrected chi connectivity index (χ0v) is 9.03. The van der Waals surface area contributed by atoms with Gasteiger partial charge in [-0.2, -0.15) is 5.10 Å². The molecular formula is C11H19N3. The highest BCUT2D eigenvalue weighted by molar-refractivity contribution is 5.26. The summed E-state index contributed by atoms with van der Waals surface area (Å²) in [6.07, 6.45) is 6.75. The highest BCUT2D eigenvalue weighted by Crippen LogP contribution is 2.40. The highest BCUT2D eigenvalue weighted by Gasteiger charge is 2.28. The maximum absolute atomic E-state index is 5.84.